The Morgan fingerprint density at radius 1 is 1.27 bits per heavy atom. The summed E-state index contributed by atoms with van der Waals surface area (Å²) in [5.74, 6) is 0.325. The monoisotopic (exact) mass is 232 g/mol. The van der Waals surface area contributed by atoms with E-state index in [1.54, 1.807) is 6.07 Å². The zero-order valence-electron chi connectivity index (χ0n) is 9.82. The number of nitrogens with zero attached hydrogens (tertiary/aromatic N) is 1. The summed E-state index contributed by atoms with van der Waals surface area (Å²) in [6.45, 7) is 7.31. The molecule has 0 aromatic rings. The SMILES string of the molecule is CCC(CC)C(C)NS(=O)(=O)C(C)C#N. The van der Waals surface area contributed by atoms with Gasteiger partial charge in [-0.15, -0.1) is 0 Å². The van der Waals surface area contributed by atoms with E-state index >= 15 is 0 Å². The minimum Gasteiger partial charge on any atom is -0.211 e. The molecule has 1 N–H and O–H groups in total. The van der Waals surface area contributed by atoms with Crippen LogP contribution in [-0.2, 0) is 10.0 Å². The first-order chi connectivity index (χ1) is 6.88. The minimum absolute atomic E-state index is 0.110. The molecule has 0 saturated carbocycles. The molecule has 0 aliphatic heterocycles. The zero-order chi connectivity index (χ0) is 12.1. The van der Waals surface area contributed by atoms with Crippen molar-refractivity contribution in [1.82, 2.24) is 4.72 Å². The summed E-state index contributed by atoms with van der Waals surface area (Å²) >= 11 is 0. The highest BCUT2D eigenvalue weighted by molar-refractivity contribution is 7.90. The molecule has 2 unspecified atom stereocenters. The van der Waals surface area contributed by atoms with Crippen LogP contribution in [0.3, 0.4) is 0 Å². The Kier molecular flexibility index (Phi) is 5.84. The van der Waals surface area contributed by atoms with Gasteiger partial charge in [0.15, 0.2) is 5.25 Å². The number of rotatable bonds is 6. The topological polar surface area (TPSA) is 70.0 Å². The predicted molar refractivity (Wildman–Crippen MR) is 60.7 cm³/mol. The van der Waals surface area contributed by atoms with Gasteiger partial charge in [0.05, 0.1) is 6.07 Å². The van der Waals surface area contributed by atoms with Gasteiger partial charge in [-0.05, 0) is 19.8 Å². The van der Waals surface area contributed by atoms with Gasteiger partial charge in [0.25, 0.3) is 0 Å². The molecule has 0 rings (SSSR count). The van der Waals surface area contributed by atoms with Crippen LogP contribution in [-0.4, -0.2) is 19.7 Å². The van der Waals surface area contributed by atoms with Gasteiger partial charge in [-0.3, -0.25) is 0 Å². The summed E-state index contributed by atoms with van der Waals surface area (Å²) in [6.07, 6.45) is 1.86. The summed E-state index contributed by atoms with van der Waals surface area (Å²) in [4.78, 5) is 0. The summed E-state index contributed by atoms with van der Waals surface area (Å²) in [5, 5.41) is 7.58. The first-order valence-corrected chi connectivity index (χ1v) is 6.84. The number of sulfonamides is 1. The van der Waals surface area contributed by atoms with E-state index in [1.165, 1.54) is 6.92 Å². The molecule has 15 heavy (non-hydrogen) atoms. The zero-order valence-corrected chi connectivity index (χ0v) is 10.6. The summed E-state index contributed by atoms with van der Waals surface area (Å²) in [7, 11) is -3.49. The van der Waals surface area contributed by atoms with Crippen LogP contribution in [0.1, 0.15) is 40.5 Å². The molecule has 5 heteroatoms. The lowest BCUT2D eigenvalue weighted by Gasteiger charge is -2.22. The molecule has 0 aliphatic rings. The summed E-state index contributed by atoms with van der Waals surface area (Å²) in [6, 6.07) is 1.62. The van der Waals surface area contributed by atoms with Crippen LogP contribution in [0.2, 0.25) is 0 Å². The molecular formula is C10H20N2O2S. The molecule has 0 spiro atoms. The van der Waals surface area contributed by atoms with Crippen LogP contribution < -0.4 is 4.72 Å². The highest BCUT2D eigenvalue weighted by atomic mass is 32.2. The summed E-state index contributed by atoms with van der Waals surface area (Å²) in [5.41, 5.74) is 0. The second-order valence-electron chi connectivity index (χ2n) is 3.80. The molecule has 4 nitrogen and oxygen atoms in total. The van der Waals surface area contributed by atoms with Crippen molar-refractivity contribution < 1.29 is 8.42 Å². The van der Waals surface area contributed by atoms with Crippen molar-refractivity contribution >= 4 is 10.0 Å². The first-order valence-electron chi connectivity index (χ1n) is 5.29. The van der Waals surface area contributed by atoms with E-state index in [1.807, 2.05) is 20.8 Å². The Morgan fingerprint density at radius 3 is 2.07 bits per heavy atom. The lowest BCUT2D eigenvalue weighted by atomic mass is 9.96. The fourth-order valence-corrected chi connectivity index (χ4v) is 2.58. The molecule has 0 aromatic heterocycles. The fourth-order valence-electron chi connectivity index (χ4n) is 1.52. The summed E-state index contributed by atoms with van der Waals surface area (Å²) < 4.78 is 25.7. The van der Waals surface area contributed by atoms with Crippen molar-refractivity contribution in [2.24, 2.45) is 5.92 Å². The Labute approximate surface area is 92.7 Å². The largest absolute Gasteiger partial charge is 0.227 e. The van der Waals surface area contributed by atoms with Crippen molar-refractivity contribution in [1.29, 1.82) is 5.26 Å². The molecule has 0 saturated heterocycles. The Bertz CT molecular complexity index is 315. The molecule has 0 aliphatic carbocycles. The average molecular weight is 232 g/mol. The standard InChI is InChI=1S/C10H20N2O2S/c1-5-10(6-2)9(4)12-15(13,14)8(3)7-11/h8-10,12H,5-6H2,1-4H3. The lowest BCUT2D eigenvalue weighted by molar-refractivity contribution is 0.390. The molecule has 0 aromatic carbocycles. The average Bonchev–Trinajstić information content (AvgIpc) is 2.17. The van der Waals surface area contributed by atoms with E-state index in [0.717, 1.165) is 12.8 Å². The van der Waals surface area contributed by atoms with E-state index in [4.69, 9.17) is 5.26 Å². The smallest absolute Gasteiger partial charge is 0.211 e. The predicted octanol–water partition coefficient (Wildman–Crippen LogP) is 1.64. The van der Waals surface area contributed by atoms with Crippen molar-refractivity contribution in [3.8, 4) is 6.07 Å². The molecule has 0 radical (unpaired) electrons. The second kappa shape index (κ2) is 6.09. The van der Waals surface area contributed by atoms with Crippen LogP contribution in [0.5, 0.6) is 0 Å². The van der Waals surface area contributed by atoms with E-state index in [0.29, 0.717) is 5.92 Å². The van der Waals surface area contributed by atoms with Crippen LogP contribution >= 0.6 is 0 Å². The molecule has 0 fully saturated rings. The number of hydrogen-bond donors (Lipinski definition) is 1. The minimum atomic E-state index is -3.49. The number of nitrogens with one attached hydrogen (secondary N) is 1. The van der Waals surface area contributed by atoms with Gasteiger partial charge in [-0.25, -0.2) is 13.1 Å². The van der Waals surface area contributed by atoms with Gasteiger partial charge in [-0.1, -0.05) is 26.7 Å². The maximum Gasteiger partial charge on any atom is 0.227 e. The first kappa shape index (κ1) is 14.4. The normalized spacial score (nSPS) is 16.0. The molecular weight excluding hydrogens is 212 g/mol. The molecule has 0 amide bonds. The molecule has 0 heterocycles. The molecule has 0 bridgehead atoms. The fraction of sp³-hybridized carbons (Fsp3) is 0.900. The highest BCUT2D eigenvalue weighted by Crippen LogP contribution is 2.14. The van der Waals surface area contributed by atoms with Crippen LogP contribution in [0.25, 0.3) is 0 Å². The van der Waals surface area contributed by atoms with E-state index in [9.17, 15) is 8.42 Å². The third-order valence-electron chi connectivity index (χ3n) is 2.75. The van der Waals surface area contributed by atoms with Crippen molar-refractivity contribution in [3.05, 3.63) is 0 Å². The van der Waals surface area contributed by atoms with Crippen LogP contribution in [0, 0.1) is 17.2 Å². The van der Waals surface area contributed by atoms with Gasteiger partial charge < -0.3 is 0 Å². The second-order valence-corrected chi connectivity index (χ2v) is 5.83. The van der Waals surface area contributed by atoms with Crippen molar-refractivity contribution in [2.75, 3.05) is 0 Å². The third-order valence-corrected chi connectivity index (χ3v) is 4.49. The van der Waals surface area contributed by atoms with Crippen LogP contribution in [0.15, 0.2) is 0 Å². The Balaban J connectivity index is 4.54. The Morgan fingerprint density at radius 2 is 1.73 bits per heavy atom. The maximum atomic E-state index is 11.6. The van der Waals surface area contributed by atoms with E-state index < -0.39 is 15.3 Å². The van der Waals surface area contributed by atoms with Gasteiger partial charge in [0, 0.05) is 6.04 Å². The van der Waals surface area contributed by atoms with E-state index in [-0.39, 0.29) is 6.04 Å². The maximum absolute atomic E-state index is 11.6. The van der Waals surface area contributed by atoms with E-state index in [2.05, 4.69) is 4.72 Å². The van der Waals surface area contributed by atoms with Crippen molar-refractivity contribution in [3.63, 3.8) is 0 Å². The van der Waals surface area contributed by atoms with Crippen LogP contribution in [0.4, 0.5) is 0 Å². The molecule has 2 atom stereocenters. The number of nitriles is 1. The van der Waals surface area contributed by atoms with Gasteiger partial charge in [0.1, 0.15) is 0 Å². The molecule has 88 valence electrons. The van der Waals surface area contributed by atoms with Gasteiger partial charge in [-0.2, -0.15) is 5.26 Å². The quantitative estimate of drug-likeness (QED) is 0.757. The Hall–Kier alpha value is -0.600. The highest BCUT2D eigenvalue weighted by Gasteiger charge is 2.25. The third kappa shape index (κ3) is 4.18. The van der Waals surface area contributed by atoms with Crippen molar-refractivity contribution in [2.45, 2.75) is 51.8 Å². The van der Waals surface area contributed by atoms with Gasteiger partial charge >= 0.3 is 0 Å². The van der Waals surface area contributed by atoms with Gasteiger partial charge in [0.2, 0.25) is 10.0 Å². The number of hydrogen-bond acceptors (Lipinski definition) is 3. The lowest BCUT2D eigenvalue weighted by Crippen LogP contribution is -2.41.